The SMILES string of the molecule is CC(C)[C@H](NC(=O)[C@H](CC(N)=O)NC(=O)[C@H](CC(N)=O)NC(=O)[C@H](CCC(N)=O)NC(=O)[C@@H](N)CCC(N)=O)C(=O)N[C@@H](CC(=O)O)C(=O)N1CCC[C@H]1C(=O)N[C@@H](Cc1c[nH]c2ccccc12)C(=O)N[C@H](C(=O)O)[C@@H](C)O. The molecular formula is C47H68N14O17. The topological polar surface area (TPSA) is 533 Å². The molecule has 2 heterocycles. The fourth-order valence-corrected chi connectivity index (χ4v) is 8.20. The summed E-state index contributed by atoms with van der Waals surface area (Å²) in [5.74, 6) is -17.1. The Morgan fingerprint density at radius 2 is 1.13 bits per heavy atom. The number of aliphatic hydroxyl groups excluding tert-OH is 1. The average molecular weight is 1100 g/mol. The van der Waals surface area contributed by atoms with Crippen molar-refractivity contribution in [2.75, 3.05) is 6.54 Å². The molecule has 0 radical (unpaired) electrons. The second-order valence-corrected chi connectivity index (χ2v) is 18.9. The molecule has 0 bridgehead atoms. The van der Waals surface area contributed by atoms with Crippen LogP contribution < -0.4 is 65.9 Å². The van der Waals surface area contributed by atoms with Crippen LogP contribution in [0.15, 0.2) is 30.5 Å². The minimum absolute atomic E-state index is 0.0133. The Kier molecular flexibility index (Phi) is 24.1. The lowest BCUT2D eigenvalue weighted by Gasteiger charge is -2.31. The van der Waals surface area contributed by atoms with Gasteiger partial charge in [0, 0.05) is 42.9 Å². The Morgan fingerprint density at radius 1 is 0.615 bits per heavy atom. The first-order valence-electron chi connectivity index (χ1n) is 24.5. The number of aromatic amines is 1. The Morgan fingerprint density at radius 3 is 1.67 bits per heavy atom. The van der Waals surface area contributed by atoms with Gasteiger partial charge < -0.3 is 91.1 Å². The molecule has 428 valence electrons. The molecule has 12 amide bonds. The molecular weight excluding hydrogens is 1030 g/mol. The first-order chi connectivity index (χ1) is 36.5. The molecule has 0 aliphatic carbocycles. The first-order valence-corrected chi connectivity index (χ1v) is 24.5. The van der Waals surface area contributed by atoms with Gasteiger partial charge in [-0.2, -0.15) is 0 Å². The molecule has 3 rings (SSSR count). The van der Waals surface area contributed by atoms with Crippen LogP contribution in [0, 0.1) is 5.92 Å². The third kappa shape index (κ3) is 19.4. The number of nitrogens with two attached hydrogens (primary N) is 5. The number of hydrogen-bond donors (Lipinski definition) is 16. The Hall–Kier alpha value is -8.74. The lowest BCUT2D eigenvalue weighted by atomic mass is 10.0. The van der Waals surface area contributed by atoms with E-state index in [2.05, 4.69) is 42.2 Å². The maximum Gasteiger partial charge on any atom is 0.328 e. The maximum absolute atomic E-state index is 14.3. The summed E-state index contributed by atoms with van der Waals surface area (Å²) in [7, 11) is 0. The van der Waals surface area contributed by atoms with E-state index in [-0.39, 0.29) is 38.6 Å². The third-order valence-electron chi connectivity index (χ3n) is 12.3. The normalized spacial score (nSPS) is 16.5. The highest BCUT2D eigenvalue weighted by Gasteiger charge is 2.42. The quantitative estimate of drug-likeness (QED) is 0.0324. The zero-order valence-electron chi connectivity index (χ0n) is 42.9. The number of carbonyl (C=O) groups excluding carboxylic acids is 12. The molecule has 1 saturated heterocycles. The molecule has 1 fully saturated rings. The highest BCUT2D eigenvalue weighted by Crippen LogP contribution is 2.23. The molecule has 1 aromatic carbocycles. The van der Waals surface area contributed by atoms with E-state index in [4.69, 9.17) is 28.7 Å². The van der Waals surface area contributed by atoms with Crippen molar-refractivity contribution >= 4 is 93.7 Å². The van der Waals surface area contributed by atoms with E-state index < -0.39 is 181 Å². The van der Waals surface area contributed by atoms with Gasteiger partial charge in [0.25, 0.3) is 0 Å². The molecule has 31 heteroatoms. The minimum Gasteiger partial charge on any atom is -0.481 e. The van der Waals surface area contributed by atoms with Gasteiger partial charge in [-0.25, -0.2) is 4.79 Å². The van der Waals surface area contributed by atoms with E-state index in [9.17, 15) is 82.4 Å². The highest BCUT2D eigenvalue weighted by molar-refractivity contribution is 6.01. The number of nitrogens with zero attached hydrogens (tertiary/aromatic N) is 1. The van der Waals surface area contributed by atoms with Crippen molar-refractivity contribution in [1.82, 2.24) is 47.1 Å². The Bertz CT molecular complexity index is 2610. The van der Waals surface area contributed by atoms with Gasteiger partial charge in [0.15, 0.2) is 6.04 Å². The van der Waals surface area contributed by atoms with E-state index in [0.29, 0.717) is 16.5 Å². The van der Waals surface area contributed by atoms with Gasteiger partial charge in [-0.1, -0.05) is 32.0 Å². The molecule has 21 N–H and O–H groups in total. The number of para-hydroxylation sites is 1. The van der Waals surface area contributed by atoms with Crippen LogP contribution in [0.4, 0.5) is 0 Å². The van der Waals surface area contributed by atoms with E-state index in [0.717, 1.165) is 11.8 Å². The number of hydrogen-bond acceptors (Lipinski definition) is 16. The zero-order valence-corrected chi connectivity index (χ0v) is 42.9. The molecule has 2 aromatic rings. The summed E-state index contributed by atoms with van der Waals surface area (Å²) in [6.45, 7) is 3.82. The number of benzene rings is 1. The zero-order chi connectivity index (χ0) is 58.7. The number of rotatable bonds is 32. The van der Waals surface area contributed by atoms with Crippen LogP contribution >= 0.6 is 0 Å². The summed E-state index contributed by atoms with van der Waals surface area (Å²) in [6, 6.07) is -8.17. The van der Waals surface area contributed by atoms with Crippen LogP contribution in [0.25, 0.3) is 10.9 Å². The predicted octanol–water partition coefficient (Wildman–Crippen LogP) is -6.70. The second-order valence-electron chi connectivity index (χ2n) is 18.9. The number of likely N-dealkylation sites (tertiary alicyclic amines) is 1. The number of primary amides is 4. The number of nitrogens with one attached hydrogen (secondary N) is 8. The van der Waals surface area contributed by atoms with Crippen LogP contribution in [0.1, 0.15) is 84.1 Å². The van der Waals surface area contributed by atoms with Crippen LogP contribution in [0.3, 0.4) is 0 Å². The van der Waals surface area contributed by atoms with Crippen molar-refractivity contribution < 1.29 is 82.4 Å². The van der Waals surface area contributed by atoms with Crippen molar-refractivity contribution in [3.63, 3.8) is 0 Å². The molecule has 10 atom stereocenters. The number of aliphatic hydroxyl groups is 1. The number of aliphatic carboxylic acids is 2. The lowest BCUT2D eigenvalue weighted by Crippen LogP contribution is -2.61. The van der Waals surface area contributed by atoms with Crippen LogP contribution in [0.5, 0.6) is 0 Å². The first kappa shape index (κ1) is 63.6. The molecule has 31 nitrogen and oxygen atoms in total. The number of amides is 12. The maximum atomic E-state index is 14.3. The van der Waals surface area contributed by atoms with Gasteiger partial charge in [0.1, 0.15) is 42.3 Å². The number of carboxylic acids is 2. The number of H-pyrrole nitrogens is 1. The number of carbonyl (C=O) groups is 14. The van der Waals surface area contributed by atoms with E-state index in [1.807, 2.05) is 0 Å². The summed E-state index contributed by atoms with van der Waals surface area (Å²) in [5.41, 5.74) is 28.0. The van der Waals surface area contributed by atoms with E-state index in [1.165, 1.54) is 13.8 Å². The van der Waals surface area contributed by atoms with Crippen LogP contribution in [0.2, 0.25) is 0 Å². The average Bonchev–Trinajstić information content (AvgIpc) is 4.01. The largest absolute Gasteiger partial charge is 0.481 e. The third-order valence-corrected chi connectivity index (χ3v) is 12.3. The fourth-order valence-electron chi connectivity index (χ4n) is 8.20. The molecule has 1 aliphatic heterocycles. The van der Waals surface area contributed by atoms with Crippen molar-refractivity contribution in [1.29, 1.82) is 0 Å². The summed E-state index contributed by atoms with van der Waals surface area (Å²) in [5, 5.41) is 46.2. The monoisotopic (exact) mass is 1100 g/mol. The van der Waals surface area contributed by atoms with Gasteiger partial charge in [-0.05, 0) is 50.2 Å². The molecule has 0 unspecified atom stereocenters. The molecule has 0 spiro atoms. The fraction of sp³-hybridized carbons (Fsp3) is 0.532. The van der Waals surface area contributed by atoms with E-state index in [1.54, 1.807) is 30.5 Å². The molecule has 1 aliphatic rings. The van der Waals surface area contributed by atoms with Crippen LogP contribution in [-0.2, 0) is 73.5 Å². The van der Waals surface area contributed by atoms with Crippen molar-refractivity contribution in [2.24, 2.45) is 34.6 Å². The summed E-state index contributed by atoms with van der Waals surface area (Å²) in [4.78, 5) is 185. The van der Waals surface area contributed by atoms with Crippen molar-refractivity contribution in [2.45, 2.75) is 145 Å². The lowest BCUT2D eigenvalue weighted by molar-refractivity contribution is -0.146. The van der Waals surface area contributed by atoms with Gasteiger partial charge in [-0.15, -0.1) is 0 Å². The van der Waals surface area contributed by atoms with Gasteiger partial charge in [0.2, 0.25) is 70.9 Å². The summed E-state index contributed by atoms with van der Waals surface area (Å²) < 4.78 is 0. The number of fused-ring (bicyclic) bond motifs is 1. The summed E-state index contributed by atoms with van der Waals surface area (Å²) >= 11 is 0. The summed E-state index contributed by atoms with van der Waals surface area (Å²) in [6.07, 6.45) is -4.50. The van der Waals surface area contributed by atoms with Crippen molar-refractivity contribution in [3.8, 4) is 0 Å². The van der Waals surface area contributed by atoms with E-state index >= 15 is 0 Å². The van der Waals surface area contributed by atoms with Gasteiger partial charge in [0.05, 0.1) is 31.4 Å². The molecule has 1 aromatic heterocycles. The van der Waals surface area contributed by atoms with Crippen LogP contribution in [-0.4, -0.2) is 175 Å². The standard InChI is InChI=1S/C47H68N14O17/c1-20(2)37(59-43(73)29(17-35(52)66)56-41(71)28(16-34(51)65)55-40(70)26(11-13-33(50)64)54-39(69)24(48)10-12-32(49)63)45(75)58-30(18-36(67)68)46(76)61-14-6-9-31(61)44(74)57-27(42(72)60-38(21(3)62)47(77)78)15-22-19-53-25-8-5-4-7-23(22)25/h4-5,7-8,19-21,24,26-31,37-38,53,62H,6,9-18,48H2,1-3H3,(H2,49,63)(H2,50,64)(H2,51,65)(H2,52,66)(H,54,69)(H,55,70)(H,56,71)(H,57,74)(H,58,75)(H,59,73)(H,60,72)(H,67,68)(H,77,78)/t21-,24+,26+,27+,28+,29+,30+,31+,37+,38+/m1/s1. The van der Waals surface area contributed by atoms with Gasteiger partial charge >= 0.3 is 11.9 Å². The smallest absolute Gasteiger partial charge is 0.328 e. The Balaban J connectivity index is 1.86. The van der Waals surface area contributed by atoms with Gasteiger partial charge in [-0.3, -0.25) is 62.3 Å². The van der Waals surface area contributed by atoms with Crippen molar-refractivity contribution in [3.05, 3.63) is 36.0 Å². The molecule has 78 heavy (non-hydrogen) atoms. The Labute approximate surface area is 445 Å². The second kappa shape index (κ2) is 29.5. The minimum atomic E-state index is -1.96. The predicted molar refractivity (Wildman–Crippen MR) is 269 cm³/mol. The number of aromatic nitrogens is 1. The highest BCUT2D eigenvalue weighted by atomic mass is 16.4. The molecule has 0 saturated carbocycles. The number of carboxylic acid groups (broad SMARTS) is 2.